The van der Waals surface area contributed by atoms with Gasteiger partial charge in [-0.1, -0.05) is 19.8 Å². The fraction of sp³-hybridized carbons (Fsp3) is 0.900. The third kappa shape index (κ3) is 3.77. The molecule has 1 saturated carbocycles. The van der Waals surface area contributed by atoms with Crippen LogP contribution < -0.4 is 11.1 Å². The molecule has 1 fully saturated rings. The summed E-state index contributed by atoms with van der Waals surface area (Å²) in [5.41, 5.74) is 5.30. The fourth-order valence-corrected chi connectivity index (χ4v) is 2.00. The molecule has 2 unspecified atom stereocenters. The molecule has 0 heterocycles. The Hall–Kier alpha value is -0.570. The molecule has 0 spiro atoms. The van der Waals surface area contributed by atoms with Crippen molar-refractivity contribution < 1.29 is 4.79 Å². The van der Waals surface area contributed by atoms with Gasteiger partial charge in [0.1, 0.15) is 0 Å². The number of carbonyl (C=O) groups excluding carboxylic acids is 1. The average Bonchev–Trinajstić information content (AvgIpc) is 2.04. The Morgan fingerprint density at radius 1 is 1.54 bits per heavy atom. The minimum absolute atomic E-state index is 0.113. The average molecular weight is 184 g/mol. The summed E-state index contributed by atoms with van der Waals surface area (Å²) in [6.45, 7) is 2.70. The lowest BCUT2D eigenvalue weighted by atomic mass is 9.87. The number of nitrogens with one attached hydrogen (secondary N) is 1. The van der Waals surface area contributed by atoms with E-state index in [-0.39, 0.29) is 5.91 Å². The SMILES string of the molecule is CC1CCCC(NC(=O)CCN)C1. The third-order valence-corrected chi connectivity index (χ3v) is 2.67. The summed E-state index contributed by atoms with van der Waals surface area (Å²) in [5, 5.41) is 3.03. The second kappa shape index (κ2) is 5.22. The van der Waals surface area contributed by atoms with Gasteiger partial charge in [-0.05, 0) is 18.8 Å². The molecule has 3 nitrogen and oxygen atoms in total. The van der Waals surface area contributed by atoms with Gasteiger partial charge in [0.05, 0.1) is 0 Å². The molecule has 0 aromatic carbocycles. The van der Waals surface area contributed by atoms with Gasteiger partial charge in [0.15, 0.2) is 0 Å². The van der Waals surface area contributed by atoms with Gasteiger partial charge in [-0.15, -0.1) is 0 Å². The number of rotatable bonds is 3. The maximum absolute atomic E-state index is 11.2. The summed E-state index contributed by atoms with van der Waals surface area (Å²) >= 11 is 0. The maximum Gasteiger partial charge on any atom is 0.221 e. The molecule has 0 aromatic heterocycles. The molecule has 1 aliphatic rings. The lowest BCUT2D eigenvalue weighted by Gasteiger charge is -2.27. The van der Waals surface area contributed by atoms with Crippen LogP contribution in [0.2, 0.25) is 0 Å². The largest absolute Gasteiger partial charge is 0.353 e. The number of nitrogens with two attached hydrogens (primary N) is 1. The highest BCUT2D eigenvalue weighted by molar-refractivity contribution is 5.76. The fourth-order valence-electron chi connectivity index (χ4n) is 2.00. The summed E-state index contributed by atoms with van der Waals surface area (Å²) in [6, 6.07) is 0.405. The van der Waals surface area contributed by atoms with E-state index in [1.165, 1.54) is 12.8 Å². The molecule has 1 aliphatic carbocycles. The van der Waals surface area contributed by atoms with Gasteiger partial charge < -0.3 is 11.1 Å². The van der Waals surface area contributed by atoms with Gasteiger partial charge in [0, 0.05) is 19.0 Å². The van der Waals surface area contributed by atoms with Crippen molar-refractivity contribution in [1.29, 1.82) is 0 Å². The number of amides is 1. The van der Waals surface area contributed by atoms with Crippen LogP contribution in [0.3, 0.4) is 0 Å². The van der Waals surface area contributed by atoms with E-state index in [1.807, 2.05) is 0 Å². The number of hydrogen-bond donors (Lipinski definition) is 2. The molecule has 1 rings (SSSR count). The first kappa shape index (κ1) is 10.5. The maximum atomic E-state index is 11.2. The van der Waals surface area contributed by atoms with E-state index in [0.717, 1.165) is 18.8 Å². The Morgan fingerprint density at radius 3 is 2.92 bits per heavy atom. The normalized spacial score (nSPS) is 28.5. The molecule has 0 saturated heterocycles. The molecule has 2 atom stereocenters. The Labute approximate surface area is 80.1 Å². The van der Waals surface area contributed by atoms with E-state index < -0.39 is 0 Å². The first-order chi connectivity index (χ1) is 6.22. The lowest BCUT2D eigenvalue weighted by molar-refractivity contribution is -0.121. The minimum atomic E-state index is 0.113. The van der Waals surface area contributed by atoms with Crippen molar-refractivity contribution in [2.45, 2.75) is 45.1 Å². The van der Waals surface area contributed by atoms with Crippen LogP contribution in [0.1, 0.15) is 39.0 Å². The van der Waals surface area contributed by atoms with Crippen LogP contribution in [-0.2, 0) is 4.79 Å². The summed E-state index contributed by atoms with van der Waals surface area (Å²) in [5.74, 6) is 0.874. The summed E-state index contributed by atoms with van der Waals surface area (Å²) < 4.78 is 0. The summed E-state index contributed by atoms with van der Waals surface area (Å²) in [7, 11) is 0. The van der Waals surface area contributed by atoms with Gasteiger partial charge in [-0.2, -0.15) is 0 Å². The molecular weight excluding hydrogens is 164 g/mol. The minimum Gasteiger partial charge on any atom is -0.353 e. The van der Waals surface area contributed by atoms with Crippen molar-refractivity contribution in [3.8, 4) is 0 Å². The Bertz CT molecular complexity index is 170. The molecule has 3 N–H and O–H groups in total. The third-order valence-electron chi connectivity index (χ3n) is 2.67. The first-order valence-electron chi connectivity index (χ1n) is 5.21. The van der Waals surface area contributed by atoms with Gasteiger partial charge in [-0.25, -0.2) is 0 Å². The molecule has 13 heavy (non-hydrogen) atoms. The highest BCUT2D eigenvalue weighted by Crippen LogP contribution is 2.23. The molecule has 0 radical (unpaired) electrons. The zero-order valence-corrected chi connectivity index (χ0v) is 8.38. The topological polar surface area (TPSA) is 55.1 Å². The van der Waals surface area contributed by atoms with E-state index in [0.29, 0.717) is 19.0 Å². The lowest BCUT2D eigenvalue weighted by Crippen LogP contribution is -2.38. The second-order valence-electron chi connectivity index (χ2n) is 4.07. The van der Waals surface area contributed by atoms with Crippen LogP contribution in [0.5, 0.6) is 0 Å². The van der Waals surface area contributed by atoms with E-state index in [9.17, 15) is 4.79 Å². The van der Waals surface area contributed by atoms with E-state index >= 15 is 0 Å². The van der Waals surface area contributed by atoms with Gasteiger partial charge in [0.25, 0.3) is 0 Å². The standard InChI is InChI=1S/C10H20N2O/c1-8-3-2-4-9(7-8)12-10(13)5-6-11/h8-9H,2-7,11H2,1H3,(H,12,13). The zero-order valence-electron chi connectivity index (χ0n) is 8.38. The van der Waals surface area contributed by atoms with E-state index in [2.05, 4.69) is 12.2 Å². The van der Waals surface area contributed by atoms with Crippen LogP contribution in [0, 0.1) is 5.92 Å². The smallest absolute Gasteiger partial charge is 0.221 e. The molecule has 0 aromatic rings. The van der Waals surface area contributed by atoms with Gasteiger partial charge in [-0.3, -0.25) is 4.79 Å². The highest BCUT2D eigenvalue weighted by Gasteiger charge is 2.19. The van der Waals surface area contributed by atoms with Gasteiger partial charge >= 0.3 is 0 Å². The predicted molar refractivity (Wildman–Crippen MR) is 53.2 cm³/mol. The van der Waals surface area contributed by atoms with Crippen molar-refractivity contribution in [3.63, 3.8) is 0 Å². The quantitative estimate of drug-likeness (QED) is 0.688. The van der Waals surface area contributed by atoms with Crippen molar-refractivity contribution in [1.82, 2.24) is 5.32 Å². The number of carbonyl (C=O) groups is 1. The first-order valence-corrected chi connectivity index (χ1v) is 5.21. The molecule has 0 aliphatic heterocycles. The van der Waals surface area contributed by atoms with Crippen molar-refractivity contribution in [3.05, 3.63) is 0 Å². The van der Waals surface area contributed by atoms with E-state index in [1.54, 1.807) is 0 Å². The molecule has 76 valence electrons. The molecule has 0 bridgehead atoms. The summed E-state index contributed by atoms with van der Waals surface area (Å²) in [4.78, 5) is 11.2. The van der Waals surface area contributed by atoms with Crippen LogP contribution in [-0.4, -0.2) is 18.5 Å². The Morgan fingerprint density at radius 2 is 2.31 bits per heavy atom. The van der Waals surface area contributed by atoms with Crippen LogP contribution >= 0.6 is 0 Å². The Balaban J connectivity index is 2.23. The van der Waals surface area contributed by atoms with Crippen molar-refractivity contribution in [2.24, 2.45) is 11.7 Å². The van der Waals surface area contributed by atoms with Crippen LogP contribution in [0.4, 0.5) is 0 Å². The zero-order chi connectivity index (χ0) is 9.68. The summed E-state index contributed by atoms with van der Waals surface area (Å²) in [6.07, 6.45) is 5.29. The molecular formula is C10H20N2O. The van der Waals surface area contributed by atoms with E-state index in [4.69, 9.17) is 5.73 Å². The predicted octanol–water partition coefficient (Wildman–Crippen LogP) is 1.03. The van der Waals surface area contributed by atoms with Gasteiger partial charge in [0.2, 0.25) is 5.91 Å². The molecule has 1 amide bonds. The van der Waals surface area contributed by atoms with Crippen LogP contribution in [0.25, 0.3) is 0 Å². The molecule has 3 heteroatoms. The van der Waals surface area contributed by atoms with Crippen LogP contribution in [0.15, 0.2) is 0 Å². The Kier molecular flexibility index (Phi) is 4.22. The second-order valence-corrected chi connectivity index (χ2v) is 4.07. The van der Waals surface area contributed by atoms with Crippen molar-refractivity contribution in [2.75, 3.05) is 6.54 Å². The highest BCUT2D eigenvalue weighted by atomic mass is 16.1. The number of hydrogen-bond acceptors (Lipinski definition) is 2. The van der Waals surface area contributed by atoms with Crippen molar-refractivity contribution >= 4 is 5.91 Å². The monoisotopic (exact) mass is 184 g/mol.